The zero-order valence-electron chi connectivity index (χ0n) is 16.6. The summed E-state index contributed by atoms with van der Waals surface area (Å²) < 4.78 is 16.0. The molecule has 0 unspecified atom stereocenters. The summed E-state index contributed by atoms with van der Waals surface area (Å²) in [5, 5.41) is -0.506. The van der Waals surface area contributed by atoms with Crippen molar-refractivity contribution in [1.29, 1.82) is 0 Å². The van der Waals surface area contributed by atoms with Gasteiger partial charge in [-0.15, -0.1) is 0 Å². The second-order valence-corrected chi connectivity index (χ2v) is 7.25. The molecule has 2 aromatic carbocycles. The zero-order valence-corrected chi connectivity index (χ0v) is 17.4. The SMILES string of the molecule is CCOC(=O)CN1C(=O)S/C(=C\c2ccc(OC)c(OCc3ccccc3)c2)C1=O. The molecule has 0 radical (unpaired) electrons. The van der Waals surface area contributed by atoms with E-state index in [1.165, 1.54) is 0 Å². The molecule has 1 heterocycles. The number of methoxy groups -OCH3 is 1. The maximum Gasteiger partial charge on any atom is 0.326 e. The fourth-order valence-electron chi connectivity index (χ4n) is 2.75. The highest BCUT2D eigenvalue weighted by Crippen LogP contribution is 2.34. The van der Waals surface area contributed by atoms with E-state index in [1.807, 2.05) is 30.3 Å². The van der Waals surface area contributed by atoms with E-state index in [1.54, 1.807) is 38.3 Å². The van der Waals surface area contributed by atoms with Crippen molar-refractivity contribution in [2.75, 3.05) is 20.3 Å². The lowest BCUT2D eigenvalue weighted by Crippen LogP contribution is -2.34. The topological polar surface area (TPSA) is 82.1 Å². The fourth-order valence-corrected chi connectivity index (χ4v) is 3.59. The van der Waals surface area contributed by atoms with Gasteiger partial charge >= 0.3 is 5.97 Å². The molecule has 2 aromatic rings. The highest BCUT2D eigenvalue weighted by Gasteiger charge is 2.36. The molecular formula is C22H21NO6S. The Balaban J connectivity index is 1.77. The molecule has 30 heavy (non-hydrogen) atoms. The summed E-state index contributed by atoms with van der Waals surface area (Å²) in [6.07, 6.45) is 1.59. The van der Waals surface area contributed by atoms with Crippen LogP contribution in [-0.4, -0.2) is 42.3 Å². The number of thioether (sulfide) groups is 1. The Morgan fingerprint density at radius 3 is 2.57 bits per heavy atom. The van der Waals surface area contributed by atoms with Crippen molar-refractivity contribution in [1.82, 2.24) is 4.90 Å². The maximum absolute atomic E-state index is 12.5. The normalized spacial score (nSPS) is 14.9. The first-order valence-electron chi connectivity index (χ1n) is 9.27. The van der Waals surface area contributed by atoms with E-state index in [4.69, 9.17) is 14.2 Å². The summed E-state index contributed by atoms with van der Waals surface area (Å²) in [6.45, 7) is 1.80. The minimum atomic E-state index is -0.623. The molecule has 0 atom stereocenters. The average Bonchev–Trinajstić information content (AvgIpc) is 3.00. The highest BCUT2D eigenvalue weighted by atomic mass is 32.2. The summed E-state index contributed by atoms with van der Waals surface area (Å²) >= 11 is 0.781. The van der Waals surface area contributed by atoms with Crippen LogP contribution >= 0.6 is 11.8 Å². The fraction of sp³-hybridized carbons (Fsp3) is 0.227. The van der Waals surface area contributed by atoms with Crippen LogP contribution in [0.1, 0.15) is 18.1 Å². The van der Waals surface area contributed by atoms with E-state index in [0.717, 1.165) is 22.2 Å². The van der Waals surface area contributed by atoms with E-state index in [0.29, 0.717) is 23.7 Å². The Labute approximate surface area is 178 Å². The lowest BCUT2D eigenvalue weighted by molar-refractivity contribution is -0.145. The lowest BCUT2D eigenvalue weighted by atomic mass is 10.1. The molecule has 1 saturated heterocycles. The first kappa shape index (κ1) is 21.4. The van der Waals surface area contributed by atoms with Crippen molar-refractivity contribution < 1.29 is 28.6 Å². The molecule has 1 aliphatic heterocycles. The Morgan fingerprint density at radius 1 is 1.10 bits per heavy atom. The number of hydrogen-bond acceptors (Lipinski definition) is 7. The maximum atomic E-state index is 12.5. The third-order valence-electron chi connectivity index (χ3n) is 4.19. The second-order valence-electron chi connectivity index (χ2n) is 6.26. The number of carbonyl (C=O) groups excluding carboxylic acids is 3. The number of ether oxygens (including phenoxy) is 3. The summed E-state index contributed by atoms with van der Waals surface area (Å²) in [6, 6.07) is 14.9. The minimum absolute atomic E-state index is 0.183. The van der Waals surface area contributed by atoms with Gasteiger partial charge in [-0.1, -0.05) is 36.4 Å². The van der Waals surface area contributed by atoms with Crippen LogP contribution in [0.2, 0.25) is 0 Å². The Kier molecular flexibility index (Phi) is 7.13. The van der Waals surface area contributed by atoms with Gasteiger partial charge in [-0.2, -0.15) is 0 Å². The molecule has 156 valence electrons. The number of esters is 1. The summed E-state index contributed by atoms with van der Waals surface area (Å²) in [4.78, 5) is 37.4. The van der Waals surface area contributed by atoms with E-state index in [2.05, 4.69) is 0 Å². The van der Waals surface area contributed by atoms with E-state index in [-0.39, 0.29) is 11.5 Å². The van der Waals surface area contributed by atoms with Crippen molar-refractivity contribution in [3.63, 3.8) is 0 Å². The van der Waals surface area contributed by atoms with Crippen molar-refractivity contribution in [3.8, 4) is 11.5 Å². The van der Waals surface area contributed by atoms with Gasteiger partial charge in [0.1, 0.15) is 13.2 Å². The molecule has 0 bridgehead atoms. The van der Waals surface area contributed by atoms with Crippen LogP contribution in [0.5, 0.6) is 11.5 Å². The number of benzene rings is 2. The van der Waals surface area contributed by atoms with Crippen molar-refractivity contribution in [2.45, 2.75) is 13.5 Å². The molecular weight excluding hydrogens is 406 g/mol. The van der Waals surface area contributed by atoms with Gasteiger partial charge in [-0.25, -0.2) is 0 Å². The number of rotatable bonds is 8. The number of imide groups is 1. The quantitative estimate of drug-likeness (QED) is 0.467. The van der Waals surface area contributed by atoms with Gasteiger partial charge in [0.15, 0.2) is 11.5 Å². The van der Waals surface area contributed by atoms with Gasteiger partial charge in [0.25, 0.3) is 11.1 Å². The van der Waals surface area contributed by atoms with Crippen LogP contribution in [0, 0.1) is 0 Å². The number of nitrogens with zero attached hydrogens (tertiary/aromatic N) is 1. The van der Waals surface area contributed by atoms with E-state index >= 15 is 0 Å². The van der Waals surface area contributed by atoms with Crippen LogP contribution in [0.4, 0.5) is 4.79 Å². The van der Waals surface area contributed by atoms with Gasteiger partial charge in [-0.3, -0.25) is 19.3 Å². The Bertz CT molecular complexity index is 973. The third-order valence-corrected chi connectivity index (χ3v) is 5.10. The molecule has 1 fully saturated rings. The number of amides is 2. The predicted molar refractivity (Wildman–Crippen MR) is 113 cm³/mol. The molecule has 0 N–H and O–H groups in total. The first-order chi connectivity index (χ1) is 14.5. The van der Waals surface area contributed by atoms with Crippen molar-refractivity contribution in [3.05, 3.63) is 64.6 Å². The minimum Gasteiger partial charge on any atom is -0.493 e. The van der Waals surface area contributed by atoms with Crippen molar-refractivity contribution in [2.24, 2.45) is 0 Å². The smallest absolute Gasteiger partial charge is 0.326 e. The van der Waals surface area contributed by atoms with E-state index < -0.39 is 23.7 Å². The monoisotopic (exact) mass is 427 g/mol. The predicted octanol–water partition coefficient (Wildman–Crippen LogP) is 3.87. The number of hydrogen-bond donors (Lipinski definition) is 0. The Hall–Kier alpha value is -3.26. The molecule has 3 rings (SSSR count). The van der Waals surface area contributed by atoms with Gasteiger partial charge in [0.05, 0.1) is 18.6 Å². The van der Waals surface area contributed by atoms with Crippen LogP contribution < -0.4 is 9.47 Å². The molecule has 8 heteroatoms. The molecule has 2 amide bonds. The van der Waals surface area contributed by atoms with Gasteiger partial charge < -0.3 is 14.2 Å². The molecule has 0 spiro atoms. The molecule has 0 saturated carbocycles. The Morgan fingerprint density at radius 2 is 1.87 bits per heavy atom. The number of carbonyl (C=O) groups is 3. The van der Waals surface area contributed by atoms with Gasteiger partial charge in [-0.05, 0) is 48.0 Å². The van der Waals surface area contributed by atoms with Crippen LogP contribution in [-0.2, 0) is 20.9 Å². The van der Waals surface area contributed by atoms with E-state index in [9.17, 15) is 14.4 Å². The summed E-state index contributed by atoms with van der Waals surface area (Å²) in [7, 11) is 1.55. The van der Waals surface area contributed by atoms with Crippen molar-refractivity contribution >= 4 is 35.0 Å². The third kappa shape index (κ3) is 5.21. The highest BCUT2D eigenvalue weighted by molar-refractivity contribution is 8.18. The first-order valence-corrected chi connectivity index (χ1v) is 10.1. The molecule has 0 aromatic heterocycles. The zero-order chi connectivity index (χ0) is 21.5. The average molecular weight is 427 g/mol. The second kappa shape index (κ2) is 9.98. The largest absolute Gasteiger partial charge is 0.493 e. The van der Waals surface area contributed by atoms with Crippen LogP contribution in [0.25, 0.3) is 6.08 Å². The van der Waals surface area contributed by atoms with Crippen LogP contribution in [0.3, 0.4) is 0 Å². The summed E-state index contributed by atoms with van der Waals surface area (Å²) in [5.74, 6) is -0.0814. The molecule has 1 aliphatic rings. The summed E-state index contributed by atoms with van der Waals surface area (Å²) in [5.41, 5.74) is 1.67. The lowest BCUT2D eigenvalue weighted by Gasteiger charge is -2.12. The molecule has 7 nitrogen and oxygen atoms in total. The molecule has 0 aliphatic carbocycles. The standard InChI is InChI=1S/C22H21NO6S/c1-3-28-20(24)13-23-21(25)19(30-22(23)26)12-16-9-10-17(27-2)18(11-16)29-14-15-7-5-4-6-8-15/h4-12H,3,13-14H2,1-2H3/b19-12-. The van der Waals surface area contributed by atoms with Crippen LogP contribution in [0.15, 0.2) is 53.4 Å². The van der Waals surface area contributed by atoms with Gasteiger partial charge in [0, 0.05) is 0 Å². The van der Waals surface area contributed by atoms with Gasteiger partial charge in [0.2, 0.25) is 0 Å².